The summed E-state index contributed by atoms with van der Waals surface area (Å²) in [4.78, 5) is 0.374. The van der Waals surface area contributed by atoms with E-state index in [1.807, 2.05) is 31.2 Å². The quantitative estimate of drug-likeness (QED) is 0.115. The minimum absolute atomic E-state index is 0.0224. The van der Waals surface area contributed by atoms with Gasteiger partial charge >= 0.3 is 0 Å². The molecule has 7 aromatic rings. The predicted octanol–water partition coefficient (Wildman–Crippen LogP) is 10.3. The van der Waals surface area contributed by atoms with Crippen LogP contribution in [0.15, 0.2) is 151 Å². The molecule has 0 aliphatic carbocycles. The van der Waals surface area contributed by atoms with E-state index in [0.717, 1.165) is 57.8 Å². The number of para-hydroxylation sites is 2. The Balaban J connectivity index is 1.51. The highest BCUT2D eigenvalue weighted by Gasteiger charge is 2.43. The van der Waals surface area contributed by atoms with Crippen LogP contribution in [0.4, 0.5) is 0 Å². The predicted molar refractivity (Wildman–Crippen MR) is 203 cm³/mol. The molecule has 0 fully saturated rings. The molecule has 49 heavy (non-hydrogen) atoms. The van der Waals surface area contributed by atoms with Crippen LogP contribution in [0, 0.1) is 6.92 Å². The second-order valence-electron chi connectivity index (χ2n) is 13.5. The Labute approximate surface area is 290 Å². The van der Waals surface area contributed by atoms with Gasteiger partial charge in [0, 0.05) is 52.7 Å². The van der Waals surface area contributed by atoms with Gasteiger partial charge in [0.05, 0.1) is 10.6 Å². The Morgan fingerprint density at radius 2 is 1.04 bits per heavy atom. The molecule has 7 rings (SSSR count). The molecular formula is C44H44N2O2S. The molecule has 0 aliphatic heterocycles. The molecule has 0 unspecified atom stereocenters. The van der Waals surface area contributed by atoms with Gasteiger partial charge in [0.2, 0.25) is 0 Å². The van der Waals surface area contributed by atoms with Crippen molar-refractivity contribution in [2.24, 2.45) is 0 Å². The fraction of sp³-hybridized carbons (Fsp3) is 0.227. The van der Waals surface area contributed by atoms with Crippen molar-refractivity contribution in [1.29, 1.82) is 0 Å². The van der Waals surface area contributed by atoms with Crippen LogP contribution in [0.1, 0.15) is 60.4 Å². The van der Waals surface area contributed by atoms with E-state index in [4.69, 9.17) is 0 Å². The van der Waals surface area contributed by atoms with Crippen LogP contribution < -0.4 is 0 Å². The fourth-order valence-electron chi connectivity index (χ4n) is 7.55. The molecule has 0 atom stereocenters. The number of hydrogen-bond donors (Lipinski definition) is 0. The summed E-state index contributed by atoms with van der Waals surface area (Å²) < 4.78 is 34.2. The van der Waals surface area contributed by atoms with Gasteiger partial charge in [-0.25, -0.2) is 8.42 Å². The lowest BCUT2D eigenvalue weighted by Gasteiger charge is -2.34. The normalized spacial score (nSPS) is 12.2. The first-order chi connectivity index (χ1) is 23.9. The summed E-state index contributed by atoms with van der Waals surface area (Å²) in [6.07, 6.45) is 8.22. The van der Waals surface area contributed by atoms with Crippen LogP contribution in [0.3, 0.4) is 0 Å². The average Bonchev–Trinajstić information content (AvgIpc) is 3.68. The lowest BCUT2D eigenvalue weighted by Crippen LogP contribution is -2.36. The Morgan fingerprint density at radius 3 is 1.53 bits per heavy atom. The largest absolute Gasteiger partial charge is 0.343 e. The van der Waals surface area contributed by atoms with Crippen LogP contribution in [0.25, 0.3) is 21.8 Å². The van der Waals surface area contributed by atoms with Crippen LogP contribution >= 0.6 is 0 Å². The SMILES string of the molecule is CCCCCC(CS(=O)(=O)c1ccc(C)cc1)(c1cn(Cc2ccccc2)c2ccccc12)c1cn(Cc2ccccc2)c2ccccc12. The van der Waals surface area contributed by atoms with Crippen LogP contribution in [-0.4, -0.2) is 23.3 Å². The van der Waals surface area contributed by atoms with Crippen molar-refractivity contribution in [3.8, 4) is 0 Å². The lowest BCUT2D eigenvalue weighted by atomic mass is 9.72. The van der Waals surface area contributed by atoms with Gasteiger partial charge < -0.3 is 9.13 Å². The average molecular weight is 665 g/mol. The van der Waals surface area contributed by atoms with Crippen LogP contribution in [-0.2, 0) is 28.3 Å². The summed E-state index contributed by atoms with van der Waals surface area (Å²) in [5.41, 5.74) is 7.02. The summed E-state index contributed by atoms with van der Waals surface area (Å²) >= 11 is 0. The van der Waals surface area contributed by atoms with E-state index in [2.05, 4.69) is 126 Å². The monoisotopic (exact) mass is 664 g/mol. The molecule has 5 heteroatoms. The number of unbranched alkanes of at least 4 members (excludes halogenated alkanes) is 2. The second-order valence-corrected chi connectivity index (χ2v) is 15.4. The Kier molecular flexibility index (Phi) is 9.29. The van der Waals surface area contributed by atoms with Crippen molar-refractivity contribution in [3.63, 3.8) is 0 Å². The molecular weight excluding hydrogens is 621 g/mol. The van der Waals surface area contributed by atoms with Crippen molar-refractivity contribution in [1.82, 2.24) is 9.13 Å². The van der Waals surface area contributed by atoms with Gasteiger partial charge in [-0.15, -0.1) is 0 Å². The minimum atomic E-state index is -3.72. The third kappa shape index (κ3) is 6.60. The molecule has 0 radical (unpaired) electrons. The summed E-state index contributed by atoms with van der Waals surface area (Å²) in [7, 11) is -3.72. The van der Waals surface area contributed by atoms with Crippen molar-refractivity contribution in [3.05, 3.63) is 174 Å². The topological polar surface area (TPSA) is 44.0 Å². The zero-order valence-electron chi connectivity index (χ0n) is 28.4. The number of rotatable bonds is 13. The number of nitrogens with zero attached hydrogens (tertiary/aromatic N) is 2. The smallest absolute Gasteiger partial charge is 0.179 e. The summed E-state index contributed by atoms with van der Waals surface area (Å²) in [5.74, 6) is -0.0224. The maximum Gasteiger partial charge on any atom is 0.179 e. The number of aryl methyl sites for hydroxylation is 1. The van der Waals surface area contributed by atoms with Crippen molar-refractivity contribution in [2.75, 3.05) is 5.75 Å². The molecule has 0 amide bonds. The molecule has 248 valence electrons. The molecule has 0 saturated carbocycles. The summed E-state index contributed by atoms with van der Waals surface area (Å²) in [6.45, 7) is 5.61. The van der Waals surface area contributed by atoms with E-state index < -0.39 is 15.3 Å². The second kappa shape index (κ2) is 13.9. The Hall–Kier alpha value is -4.87. The van der Waals surface area contributed by atoms with E-state index in [1.54, 1.807) is 12.1 Å². The molecule has 0 spiro atoms. The van der Waals surface area contributed by atoms with E-state index in [0.29, 0.717) is 24.4 Å². The van der Waals surface area contributed by atoms with Crippen molar-refractivity contribution < 1.29 is 8.42 Å². The number of fused-ring (bicyclic) bond motifs is 2. The summed E-state index contributed by atoms with van der Waals surface area (Å²) in [6, 6.07) is 45.4. The summed E-state index contributed by atoms with van der Waals surface area (Å²) in [5, 5.41) is 2.21. The van der Waals surface area contributed by atoms with Gasteiger partial charge in [-0.1, -0.05) is 141 Å². The van der Waals surface area contributed by atoms with Gasteiger partial charge in [0.1, 0.15) is 0 Å². The number of sulfone groups is 1. The van der Waals surface area contributed by atoms with Gasteiger partial charge in [-0.05, 0) is 59.9 Å². The minimum Gasteiger partial charge on any atom is -0.343 e. The van der Waals surface area contributed by atoms with Crippen LogP contribution in [0.2, 0.25) is 0 Å². The van der Waals surface area contributed by atoms with Gasteiger partial charge in [-0.2, -0.15) is 0 Å². The van der Waals surface area contributed by atoms with Crippen LogP contribution in [0.5, 0.6) is 0 Å². The van der Waals surface area contributed by atoms with E-state index in [-0.39, 0.29) is 5.75 Å². The van der Waals surface area contributed by atoms with E-state index >= 15 is 0 Å². The third-order valence-corrected chi connectivity index (χ3v) is 11.9. The molecule has 0 saturated heterocycles. The highest BCUT2D eigenvalue weighted by Crippen LogP contribution is 2.47. The molecule has 0 aliphatic rings. The highest BCUT2D eigenvalue weighted by atomic mass is 32.2. The number of benzene rings is 5. The highest BCUT2D eigenvalue weighted by molar-refractivity contribution is 7.91. The van der Waals surface area contributed by atoms with Crippen molar-refractivity contribution >= 4 is 31.6 Å². The fourth-order valence-corrected chi connectivity index (χ4v) is 9.37. The first kappa shape index (κ1) is 32.7. The Bertz CT molecular complexity index is 2160. The molecule has 2 aromatic heterocycles. The standard InChI is InChI=1S/C44H44N2O2S/c1-3-4-15-28-44(33-49(47,48)37-26-24-34(2)25-27-37,40-31-45(29-35-16-7-5-8-17-35)42-22-13-11-20-38(40)42)41-32-46(30-36-18-9-6-10-19-36)43-23-14-12-21-39(41)43/h5-14,16-27,31-32H,3-4,15,28-30,33H2,1-2H3. The number of aromatic nitrogens is 2. The lowest BCUT2D eigenvalue weighted by molar-refractivity contribution is 0.480. The van der Waals surface area contributed by atoms with Crippen molar-refractivity contribution in [2.45, 2.75) is 62.9 Å². The molecule has 2 heterocycles. The third-order valence-electron chi connectivity index (χ3n) is 10.0. The first-order valence-corrected chi connectivity index (χ1v) is 19.1. The Morgan fingerprint density at radius 1 is 0.571 bits per heavy atom. The first-order valence-electron chi connectivity index (χ1n) is 17.4. The zero-order chi connectivity index (χ0) is 33.8. The molecule has 4 nitrogen and oxygen atoms in total. The molecule has 0 N–H and O–H groups in total. The molecule has 5 aromatic carbocycles. The maximum atomic E-state index is 14.8. The zero-order valence-corrected chi connectivity index (χ0v) is 29.2. The van der Waals surface area contributed by atoms with Gasteiger partial charge in [0.25, 0.3) is 0 Å². The number of hydrogen-bond acceptors (Lipinski definition) is 2. The molecule has 0 bridgehead atoms. The maximum absolute atomic E-state index is 14.8. The van der Waals surface area contributed by atoms with Gasteiger partial charge in [-0.3, -0.25) is 0 Å². The van der Waals surface area contributed by atoms with Gasteiger partial charge in [0.15, 0.2) is 9.84 Å². The van der Waals surface area contributed by atoms with E-state index in [1.165, 1.54) is 11.1 Å². The van der Waals surface area contributed by atoms with E-state index in [9.17, 15) is 8.42 Å².